The molecule has 5 nitrogen and oxygen atoms in total. The van der Waals surface area contributed by atoms with Gasteiger partial charge in [0.15, 0.2) is 0 Å². The first-order chi connectivity index (χ1) is 23.3. The number of hydrogen-bond acceptors (Lipinski definition) is 4. The van der Waals surface area contributed by atoms with Crippen molar-refractivity contribution in [3.8, 4) is 50.8 Å². The highest BCUT2D eigenvalue weighted by atomic mass is 15.1. The number of pyridine rings is 4. The van der Waals surface area contributed by atoms with Crippen LogP contribution in [0.2, 0.25) is 0 Å². The van der Waals surface area contributed by atoms with Crippen LogP contribution < -0.4 is 0 Å². The molecule has 0 saturated heterocycles. The minimum absolute atomic E-state index is 0.783. The zero-order chi connectivity index (χ0) is 31.2. The maximum atomic E-state index is 5.19. The summed E-state index contributed by atoms with van der Waals surface area (Å²) < 4.78 is 2.20. The molecule has 47 heavy (non-hydrogen) atoms. The van der Waals surface area contributed by atoms with Crippen molar-refractivity contribution in [2.75, 3.05) is 0 Å². The number of rotatable bonds is 5. The minimum atomic E-state index is 0.783. The van der Waals surface area contributed by atoms with E-state index >= 15 is 0 Å². The van der Waals surface area contributed by atoms with Crippen molar-refractivity contribution in [1.82, 2.24) is 24.5 Å². The van der Waals surface area contributed by atoms with Crippen LogP contribution >= 0.6 is 0 Å². The molecule has 0 amide bonds. The fourth-order valence-electron chi connectivity index (χ4n) is 6.45. The molecule has 9 rings (SSSR count). The molecule has 0 saturated carbocycles. The summed E-state index contributed by atoms with van der Waals surface area (Å²) >= 11 is 0. The van der Waals surface area contributed by atoms with E-state index in [1.54, 1.807) is 6.20 Å². The predicted octanol–water partition coefficient (Wildman–Crippen LogP) is 10.2. The molecule has 0 fully saturated rings. The molecule has 220 valence electrons. The van der Waals surface area contributed by atoms with Crippen LogP contribution in [-0.4, -0.2) is 24.5 Å². The average molecular weight is 602 g/mol. The Morgan fingerprint density at radius 2 is 1.11 bits per heavy atom. The molecule has 5 heterocycles. The van der Waals surface area contributed by atoms with Crippen molar-refractivity contribution >= 4 is 32.6 Å². The van der Waals surface area contributed by atoms with Gasteiger partial charge in [-0.1, -0.05) is 91.0 Å². The highest BCUT2D eigenvalue weighted by Crippen LogP contribution is 2.34. The lowest BCUT2D eigenvalue weighted by molar-refractivity contribution is 1.07. The summed E-state index contributed by atoms with van der Waals surface area (Å²) in [6.45, 7) is 0. The van der Waals surface area contributed by atoms with Crippen molar-refractivity contribution < 1.29 is 0 Å². The third kappa shape index (κ3) is 4.82. The monoisotopic (exact) mass is 601 g/mol. The van der Waals surface area contributed by atoms with Gasteiger partial charge in [-0.15, -0.1) is 0 Å². The molecule has 5 heteroatoms. The van der Waals surface area contributed by atoms with Gasteiger partial charge in [-0.2, -0.15) is 0 Å². The quantitative estimate of drug-likeness (QED) is 0.197. The van der Waals surface area contributed by atoms with Crippen molar-refractivity contribution in [2.45, 2.75) is 0 Å². The normalized spacial score (nSPS) is 11.4. The van der Waals surface area contributed by atoms with Gasteiger partial charge >= 0.3 is 0 Å². The van der Waals surface area contributed by atoms with Gasteiger partial charge in [0.05, 0.1) is 33.8 Å². The van der Waals surface area contributed by atoms with Gasteiger partial charge in [-0.25, -0.2) is 9.97 Å². The minimum Gasteiger partial charge on any atom is -0.294 e. The summed E-state index contributed by atoms with van der Waals surface area (Å²) in [6.07, 6.45) is 5.56. The van der Waals surface area contributed by atoms with Gasteiger partial charge in [-0.05, 0) is 87.6 Å². The van der Waals surface area contributed by atoms with Crippen molar-refractivity contribution in [2.24, 2.45) is 0 Å². The van der Waals surface area contributed by atoms with Gasteiger partial charge in [0.2, 0.25) is 0 Å². The van der Waals surface area contributed by atoms with Crippen LogP contribution in [0.3, 0.4) is 0 Å². The Bertz CT molecular complexity index is 2520. The Balaban J connectivity index is 1.16. The Hall–Kier alpha value is -6.46. The van der Waals surface area contributed by atoms with Crippen molar-refractivity contribution in [3.63, 3.8) is 0 Å². The molecule has 4 aromatic carbocycles. The van der Waals surface area contributed by atoms with E-state index in [0.717, 1.165) is 61.5 Å². The second kappa shape index (κ2) is 11.2. The van der Waals surface area contributed by atoms with Crippen LogP contribution in [0.4, 0.5) is 0 Å². The Morgan fingerprint density at radius 1 is 0.404 bits per heavy atom. The van der Waals surface area contributed by atoms with Crippen molar-refractivity contribution in [3.05, 3.63) is 164 Å². The molecule has 5 aromatic heterocycles. The second-order valence-electron chi connectivity index (χ2n) is 11.6. The van der Waals surface area contributed by atoms with Crippen LogP contribution in [0.25, 0.3) is 83.4 Å². The smallest absolute Gasteiger partial charge is 0.138 e. The SMILES string of the molecule is c1ccc(-c2cc(-c3ccc(-c4ccc5ccccc5c4)cc3)cc(-c3cccc(-n4c5ccccc5c5cnccc54)n3)n2)nc1. The highest BCUT2D eigenvalue weighted by molar-refractivity contribution is 6.08. The van der Waals surface area contributed by atoms with Crippen LogP contribution in [0, 0.1) is 0 Å². The first kappa shape index (κ1) is 26.9. The Morgan fingerprint density at radius 3 is 1.96 bits per heavy atom. The van der Waals surface area contributed by atoms with Gasteiger partial charge in [-0.3, -0.25) is 14.5 Å². The lowest BCUT2D eigenvalue weighted by atomic mass is 9.97. The number of hydrogen-bond donors (Lipinski definition) is 0. The molecule has 0 unspecified atom stereocenters. The molecule has 0 aliphatic heterocycles. The van der Waals surface area contributed by atoms with Gasteiger partial charge < -0.3 is 0 Å². The van der Waals surface area contributed by atoms with Crippen LogP contribution in [0.1, 0.15) is 0 Å². The van der Waals surface area contributed by atoms with E-state index < -0.39 is 0 Å². The lowest BCUT2D eigenvalue weighted by Crippen LogP contribution is -2.00. The average Bonchev–Trinajstić information content (AvgIpc) is 3.49. The largest absolute Gasteiger partial charge is 0.294 e. The summed E-state index contributed by atoms with van der Waals surface area (Å²) in [4.78, 5) is 19.3. The zero-order valence-electron chi connectivity index (χ0n) is 25.3. The van der Waals surface area contributed by atoms with Crippen molar-refractivity contribution in [1.29, 1.82) is 0 Å². The molecule has 0 N–H and O–H groups in total. The number of aromatic nitrogens is 5. The Labute approximate surface area is 271 Å². The van der Waals surface area contributed by atoms with Gasteiger partial charge in [0.1, 0.15) is 5.82 Å². The molecule has 0 atom stereocenters. The topological polar surface area (TPSA) is 56.5 Å². The Kier molecular flexibility index (Phi) is 6.39. The molecule has 0 aliphatic rings. The third-order valence-electron chi connectivity index (χ3n) is 8.75. The molecule has 0 aliphatic carbocycles. The van der Waals surface area contributed by atoms with E-state index in [9.17, 15) is 0 Å². The summed E-state index contributed by atoms with van der Waals surface area (Å²) in [5.74, 6) is 0.825. The fraction of sp³-hybridized carbons (Fsp3) is 0. The first-order valence-electron chi connectivity index (χ1n) is 15.6. The summed E-state index contributed by atoms with van der Waals surface area (Å²) in [6, 6.07) is 50.5. The fourth-order valence-corrected chi connectivity index (χ4v) is 6.45. The predicted molar refractivity (Wildman–Crippen MR) is 191 cm³/mol. The van der Waals surface area contributed by atoms with E-state index in [-0.39, 0.29) is 0 Å². The van der Waals surface area contributed by atoms with E-state index in [4.69, 9.17) is 9.97 Å². The van der Waals surface area contributed by atoms with Crippen LogP contribution in [0.15, 0.2) is 164 Å². The first-order valence-corrected chi connectivity index (χ1v) is 15.6. The van der Waals surface area contributed by atoms with E-state index in [1.807, 2.05) is 54.9 Å². The van der Waals surface area contributed by atoms with E-state index in [0.29, 0.717) is 0 Å². The second-order valence-corrected chi connectivity index (χ2v) is 11.6. The maximum absolute atomic E-state index is 5.19. The summed E-state index contributed by atoms with van der Waals surface area (Å²) in [5.41, 5.74) is 9.85. The van der Waals surface area contributed by atoms with Crippen LogP contribution in [-0.2, 0) is 0 Å². The molecule has 0 radical (unpaired) electrons. The molecule has 9 aromatic rings. The molecule has 0 bridgehead atoms. The maximum Gasteiger partial charge on any atom is 0.138 e. The highest BCUT2D eigenvalue weighted by Gasteiger charge is 2.15. The number of benzene rings is 4. The third-order valence-corrected chi connectivity index (χ3v) is 8.75. The lowest BCUT2D eigenvalue weighted by Gasteiger charge is -2.12. The molecular formula is C42H27N5. The summed E-state index contributed by atoms with van der Waals surface area (Å²) in [5, 5.41) is 4.72. The molecular weight excluding hydrogens is 574 g/mol. The van der Waals surface area contributed by atoms with Gasteiger partial charge in [0, 0.05) is 29.4 Å². The van der Waals surface area contributed by atoms with E-state index in [1.165, 1.54) is 21.9 Å². The number of fused-ring (bicyclic) bond motifs is 4. The zero-order valence-corrected chi connectivity index (χ0v) is 25.3. The van der Waals surface area contributed by atoms with Crippen LogP contribution in [0.5, 0.6) is 0 Å². The van der Waals surface area contributed by atoms with E-state index in [2.05, 4.69) is 118 Å². The standard InChI is InChI=1S/C42H27N5/c1-2-9-31-24-32(20-19-28(31)8-1)29-15-17-30(18-16-29)33-25-38(36-11-5-6-22-44-36)45-39(26-33)37-12-7-14-42(46-37)47-40-13-4-3-10-34(40)35-27-43-23-21-41(35)47/h1-27H. The number of nitrogens with zero attached hydrogens (tertiary/aromatic N) is 5. The molecule has 0 spiro atoms. The number of para-hydroxylation sites is 1. The summed E-state index contributed by atoms with van der Waals surface area (Å²) in [7, 11) is 0. The van der Waals surface area contributed by atoms with Gasteiger partial charge in [0.25, 0.3) is 0 Å².